The second kappa shape index (κ2) is 4.59. The van der Waals surface area contributed by atoms with E-state index >= 15 is 0 Å². The Morgan fingerprint density at radius 1 is 1.60 bits per heavy atom. The summed E-state index contributed by atoms with van der Waals surface area (Å²) < 4.78 is 2.15. The Balaban J connectivity index is 2.11. The van der Waals surface area contributed by atoms with Gasteiger partial charge in [-0.1, -0.05) is 0 Å². The van der Waals surface area contributed by atoms with Crippen LogP contribution in [0.25, 0.3) is 0 Å². The SMILES string of the molecule is CC(Cc1ccsc1)n1cncc1CN. The molecule has 0 saturated heterocycles. The molecule has 2 aromatic heterocycles. The minimum atomic E-state index is 0.417. The first kappa shape index (κ1) is 10.4. The summed E-state index contributed by atoms with van der Waals surface area (Å²) in [4.78, 5) is 4.13. The highest BCUT2D eigenvalue weighted by Crippen LogP contribution is 2.17. The number of aromatic nitrogens is 2. The number of hydrogen-bond acceptors (Lipinski definition) is 3. The van der Waals surface area contributed by atoms with Gasteiger partial charge in [-0.2, -0.15) is 11.3 Å². The van der Waals surface area contributed by atoms with E-state index in [-0.39, 0.29) is 0 Å². The van der Waals surface area contributed by atoms with Gasteiger partial charge in [0, 0.05) is 18.8 Å². The second-order valence-electron chi connectivity index (χ2n) is 3.68. The quantitative estimate of drug-likeness (QED) is 0.860. The minimum absolute atomic E-state index is 0.417. The van der Waals surface area contributed by atoms with E-state index in [9.17, 15) is 0 Å². The molecular formula is C11H15N3S. The van der Waals surface area contributed by atoms with Crippen molar-refractivity contribution in [3.8, 4) is 0 Å². The van der Waals surface area contributed by atoms with Crippen molar-refractivity contribution in [2.24, 2.45) is 5.73 Å². The van der Waals surface area contributed by atoms with Crippen LogP contribution in [0.15, 0.2) is 29.4 Å². The van der Waals surface area contributed by atoms with Crippen molar-refractivity contribution in [1.82, 2.24) is 9.55 Å². The maximum Gasteiger partial charge on any atom is 0.0951 e. The molecule has 2 aromatic rings. The fourth-order valence-electron chi connectivity index (χ4n) is 1.74. The van der Waals surface area contributed by atoms with Crippen LogP contribution in [0.4, 0.5) is 0 Å². The minimum Gasteiger partial charge on any atom is -0.330 e. The molecule has 2 rings (SSSR count). The lowest BCUT2D eigenvalue weighted by Crippen LogP contribution is -2.12. The Bertz CT molecular complexity index is 405. The topological polar surface area (TPSA) is 43.8 Å². The molecule has 4 heteroatoms. The van der Waals surface area contributed by atoms with E-state index in [1.54, 1.807) is 11.3 Å². The van der Waals surface area contributed by atoms with E-state index in [0.717, 1.165) is 12.1 Å². The van der Waals surface area contributed by atoms with Crippen molar-refractivity contribution in [2.75, 3.05) is 0 Å². The zero-order valence-electron chi connectivity index (χ0n) is 8.76. The first-order valence-electron chi connectivity index (χ1n) is 5.03. The average molecular weight is 221 g/mol. The molecule has 15 heavy (non-hydrogen) atoms. The molecule has 0 aliphatic carbocycles. The Kier molecular flexibility index (Phi) is 3.18. The third-order valence-electron chi connectivity index (χ3n) is 2.54. The summed E-state index contributed by atoms with van der Waals surface area (Å²) in [6.45, 7) is 2.74. The summed E-state index contributed by atoms with van der Waals surface area (Å²) >= 11 is 1.74. The first-order chi connectivity index (χ1) is 7.31. The monoisotopic (exact) mass is 221 g/mol. The molecule has 80 valence electrons. The van der Waals surface area contributed by atoms with E-state index < -0.39 is 0 Å². The maximum absolute atomic E-state index is 5.65. The van der Waals surface area contributed by atoms with Crippen molar-refractivity contribution >= 4 is 11.3 Å². The highest BCUT2D eigenvalue weighted by Gasteiger charge is 2.09. The predicted octanol–water partition coefficient (Wildman–Crippen LogP) is 2.21. The van der Waals surface area contributed by atoms with Gasteiger partial charge in [0.05, 0.1) is 12.0 Å². The lowest BCUT2D eigenvalue weighted by Gasteiger charge is -2.15. The van der Waals surface area contributed by atoms with E-state index in [2.05, 4.69) is 33.3 Å². The summed E-state index contributed by atoms with van der Waals surface area (Å²) in [5.41, 5.74) is 8.12. The van der Waals surface area contributed by atoms with Crippen LogP contribution in [0.5, 0.6) is 0 Å². The van der Waals surface area contributed by atoms with Crippen LogP contribution in [-0.4, -0.2) is 9.55 Å². The summed E-state index contributed by atoms with van der Waals surface area (Å²) in [6, 6.07) is 2.58. The van der Waals surface area contributed by atoms with Crippen LogP contribution in [0.2, 0.25) is 0 Å². The number of hydrogen-bond donors (Lipinski definition) is 1. The van der Waals surface area contributed by atoms with Gasteiger partial charge in [0.1, 0.15) is 0 Å². The van der Waals surface area contributed by atoms with Crippen LogP contribution in [0, 0.1) is 0 Å². The molecule has 1 atom stereocenters. The van der Waals surface area contributed by atoms with Crippen LogP contribution >= 0.6 is 11.3 Å². The molecule has 2 heterocycles. The van der Waals surface area contributed by atoms with Crippen molar-refractivity contribution < 1.29 is 0 Å². The van der Waals surface area contributed by atoms with Gasteiger partial charge in [0.15, 0.2) is 0 Å². The average Bonchev–Trinajstić information content (AvgIpc) is 2.86. The third kappa shape index (κ3) is 2.27. The van der Waals surface area contributed by atoms with Crippen molar-refractivity contribution in [3.05, 3.63) is 40.6 Å². The number of thiophene rings is 1. The summed E-state index contributed by atoms with van der Waals surface area (Å²) in [5.74, 6) is 0. The molecule has 1 unspecified atom stereocenters. The van der Waals surface area contributed by atoms with E-state index in [1.165, 1.54) is 5.56 Å². The van der Waals surface area contributed by atoms with Crippen molar-refractivity contribution in [2.45, 2.75) is 25.9 Å². The molecular weight excluding hydrogens is 206 g/mol. The normalized spacial score (nSPS) is 12.9. The van der Waals surface area contributed by atoms with Gasteiger partial charge in [-0.3, -0.25) is 0 Å². The largest absolute Gasteiger partial charge is 0.330 e. The first-order valence-corrected chi connectivity index (χ1v) is 5.97. The molecule has 0 aromatic carbocycles. The molecule has 0 aliphatic heterocycles. The van der Waals surface area contributed by atoms with Gasteiger partial charge in [0.2, 0.25) is 0 Å². The lowest BCUT2D eigenvalue weighted by molar-refractivity contribution is 0.525. The fraction of sp³-hybridized carbons (Fsp3) is 0.364. The molecule has 0 fully saturated rings. The molecule has 0 saturated carbocycles. The molecule has 0 amide bonds. The van der Waals surface area contributed by atoms with Crippen LogP contribution in [0.3, 0.4) is 0 Å². The molecule has 3 nitrogen and oxygen atoms in total. The fourth-order valence-corrected chi connectivity index (χ4v) is 2.42. The van der Waals surface area contributed by atoms with E-state index in [1.807, 2.05) is 12.5 Å². The van der Waals surface area contributed by atoms with Gasteiger partial charge in [-0.15, -0.1) is 0 Å². The van der Waals surface area contributed by atoms with Gasteiger partial charge >= 0.3 is 0 Å². The Labute approximate surface area is 93.6 Å². The zero-order chi connectivity index (χ0) is 10.7. The molecule has 0 radical (unpaired) electrons. The summed E-state index contributed by atoms with van der Waals surface area (Å²) in [5, 5.41) is 4.30. The summed E-state index contributed by atoms with van der Waals surface area (Å²) in [6.07, 6.45) is 4.73. The van der Waals surface area contributed by atoms with Gasteiger partial charge < -0.3 is 10.3 Å². The molecule has 0 bridgehead atoms. The maximum atomic E-state index is 5.65. The molecule has 0 spiro atoms. The van der Waals surface area contributed by atoms with Gasteiger partial charge in [-0.05, 0) is 35.7 Å². The Morgan fingerprint density at radius 2 is 2.47 bits per heavy atom. The third-order valence-corrected chi connectivity index (χ3v) is 3.27. The standard InChI is InChI=1S/C11H15N3S/c1-9(4-10-2-3-15-7-10)14-8-13-6-11(14)5-12/h2-3,6-9H,4-5,12H2,1H3. The Hall–Kier alpha value is -1.13. The molecule has 0 aliphatic rings. The lowest BCUT2D eigenvalue weighted by atomic mass is 10.1. The highest BCUT2D eigenvalue weighted by molar-refractivity contribution is 7.07. The van der Waals surface area contributed by atoms with E-state index in [0.29, 0.717) is 12.6 Å². The zero-order valence-corrected chi connectivity index (χ0v) is 9.57. The number of nitrogens with zero attached hydrogens (tertiary/aromatic N) is 2. The molecule has 2 N–H and O–H groups in total. The van der Waals surface area contributed by atoms with Crippen LogP contribution < -0.4 is 5.73 Å². The van der Waals surface area contributed by atoms with Gasteiger partial charge in [-0.25, -0.2) is 4.98 Å². The number of rotatable bonds is 4. The number of nitrogens with two attached hydrogens (primary N) is 1. The summed E-state index contributed by atoms with van der Waals surface area (Å²) in [7, 11) is 0. The second-order valence-corrected chi connectivity index (χ2v) is 4.46. The predicted molar refractivity (Wildman–Crippen MR) is 62.9 cm³/mol. The number of imidazole rings is 1. The van der Waals surface area contributed by atoms with Gasteiger partial charge in [0.25, 0.3) is 0 Å². The highest BCUT2D eigenvalue weighted by atomic mass is 32.1. The van der Waals surface area contributed by atoms with Crippen molar-refractivity contribution in [3.63, 3.8) is 0 Å². The van der Waals surface area contributed by atoms with Crippen LogP contribution in [0.1, 0.15) is 24.2 Å². The van der Waals surface area contributed by atoms with E-state index in [4.69, 9.17) is 5.73 Å². The smallest absolute Gasteiger partial charge is 0.0951 e. The van der Waals surface area contributed by atoms with Crippen molar-refractivity contribution in [1.29, 1.82) is 0 Å². The van der Waals surface area contributed by atoms with Crippen LogP contribution in [-0.2, 0) is 13.0 Å². The Morgan fingerprint density at radius 3 is 3.13 bits per heavy atom.